The summed E-state index contributed by atoms with van der Waals surface area (Å²) < 4.78 is 1.37. The van der Waals surface area contributed by atoms with Crippen molar-refractivity contribution in [3.05, 3.63) is 17.0 Å². The van der Waals surface area contributed by atoms with Crippen molar-refractivity contribution in [3.63, 3.8) is 0 Å². The second kappa shape index (κ2) is 3.54. The maximum absolute atomic E-state index is 4.16. The van der Waals surface area contributed by atoms with Crippen LogP contribution in [0.4, 0.5) is 0 Å². The van der Waals surface area contributed by atoms with Crippen molar-refractivity contribution in [3.8, 4) is 0 Å². The molecule has 50 valence electrons. The van der Waals surface area contributed by atoms with Crippen molar-refractivity contribution >= 4 is 35.7 Å². The summed E-state index contributed by atoms with van der Waals surface area (Å²) >= 11 is 7.77. The van der Waals surface area contributed by atoms with E-state index in [1.807, 2.05) is 11.3 Å². The van der Waals surface area contributed by atoms with Crippen LogP contribution < -0.4 is 0 Å². The van der Waals surface area contributed by atoms with Gasteiger partial charge in [0.25, 0.3) is 0 Å². The number of hydrogen-bond acceptors (Lipinski definition) is 3. The van der Waals surface area contributed by atoms with E-state index in [0.29, 0.717) is 0 Å². The van der Waals surface area contributed by atoms with Crippen molar-refractivity contribution in [1.82, 2.24) is 0 Å². The normalized spacial score (nSPS) is 10.0. The molecule has 1 aromatic rings. The van der Waals surface area contributed by atoms with E-state index in [-0.39, 0.29) is 0 Å². The third kappa shape index (κ3) is 1.92. The highest BCUT2D eigenvalue weighted by Crippen LogP contribution is 2.25. The van der Waals surface area contributed by atoms with Crippen LogP contribution in [0, 0.1) is 0 Å². The standard InChI is InChI=1S/C6H8S3/c1-8-6-3-2-5(4-7)9-6/h2-3,7H,4H2,1H3. The van der Waals surface area contributed by atoms with Crippen LogP contribution in [0.2, 0.25) is 0 Å². The Morgan fingerprint density at radius 2 is 2.44 bits per heavy atom. The van der Waals surface area contributed by atoms with Gasteiger partial charge >= 0.3 is 0 Å². The fraction of sp³-hybridized carbons (Fsp3) is 0.333. The summed E-state index contributed by atoms with van der Waals surface area (Å²) in [6, 6.07) is 4.27. The Labute approximate surface area is 69.1 Å². The largest absolute Gasteiger partial charge is 0.174 e. The lowest BCUT2D eigenvalue weighted by molar-refractivity contribution is 1.56. The number of thiophene rings is 1. The van der Waals surface area contributed by atoms with E-state index in [0.717, 1.165) is 5.75 Å². The molecule has 3 heteroatoms. The maximum atomic E-state index is 4.16. The quantitative estimate of drug-likeness (QED) is 0.534. The predicted molar refractivity (Wildman–Crippen MR) is 48.8 cm³/mol. The molecular formula is C6H8S3. The van der Waals surface area contributed by atoms with Crippen molar-refractivity contribution in [1.29, 1.82) is 0 Å². The molecule has 0 aliphatic heterocycles. The molecule has 0 nitrogen and oxygen atoms in total. The predicted octanol–water partition coefficient (Wildman–Crippen LogP) is 2.90. The van der Waals surface area contributed by atoms with E-state index < -0.39 is 0 Å². The third-order valence-electron chi connectivity index (χ3n) is 0.994. The minimum Gasteiger partial charge on any atom is -0.174 e. The SMILES string of the molecule is CSc1ccc(CS)s1. The van der Waals surface area contributed by atoms with Gasteiger partial charge in [0, 0.05) is 10.6 Å². The van der Waals surface area contributed by atoms with Gasteiger partial charge in [-0.3, -0.25) is 0 Å². The van der Waals surface area contributed by atoms with Gasteiger partial charge < -0.3 is 0 Å². The Hall–Kier alpha value is 0.400. The molecule has 0 N–H and O–H groups in total. The number of hydrogen-bond donors (Lipinski definition) is 1. The Bertz CT molecular complexity index is 162. The van der Waals surface area contributed by atoms with Gasteiger partial charge in [-0.2, -0.15) is 12.6 Å². The first kappa shape index (κ1) is 7.51. The molecule has 0 saturated carbocycles. The molecule has 0 aromatic carbocycles. The molecule has 1 heterocycles. The zero-order chi connectivity index (χ0) is 6.69. The molecule has 0 aliphatic rings. The van der Waals surface area contributed by atoms with Crippen LogP contribution in [0.25, 0.3) is 0 Å². The van der Waals surface area contributed by atoms with Gasteiger partial charge in [0.1, 0.15) is 0 Å². The van der Waals surface area contributed by atoms with Crippen molar-refractivity contribution in [2.24, 2.45) is 0 Å². The van der Waals surface area contributed by atoms with Crippen molar-refractivity contribution < 1.29 is 0 Å². The molecule has 0 radical (unpaired) electrons. The zero-order valence-electron chi connectivity index (χ0n) is 5.13. The van der Waals surface area contributed by atoms with Gasteiger partial charge in [-0.1, -0.05) is 0 Å². The summed E-state index contributed by atoms with van der Waals surface area (Å²) in [5.41, 5.74) is 0. The molecule has 1 aromatic heterocycles. The van der Waals surface area contributed by atoms with Gasteiger partial charge in [0.15, 0.2) is 0 Å². The lowest BCUT2D eigenvalue weighted by Gasteiger charge is -1.83. The van der Waals surface area contributed by atoms with E-state index in [2.05, 4.69) is 31.0 Å². The van der Waals surface area contributed by atoms with Crippen molar-refractivity contribution in [2.45, 2.75) is 9.96 Å². The molecule has 0 saturated heterocycles. The van der Waals surface area contributed by atoms with Gasteiger partial charge in [-0.15, -0.1) is 23.1 Å². The molecule has 0 aliphatic carbocycles. The first-order chi connectivity index (χ1) is 4.36. The number of thiol groups is 1. The lowest BCUT2D eigenvalue weighted by atomic mass is 10.5. The Balaban J connectivity index is 2.74. The average Bonchev–Trinajstić information content (AvgIpc) is 2.34. The highest BCUT2D eigenvalue weighted by Gasteiger charge is 1.94. The fourth-order valence-electron chi connectivity index (χ4n) is 0.553. The molecule has 0 fully saturated rings. The molecule has 1 rings (SSSR count). The fourth-order valence-corrected chi connectivity index (χ4v) is 2.31. The van der Waals surface area contributed by atoms with Crippen LogP contribution in [0.15, 0.2) is 16.3 Å². The Morgan fingerprint density at radius 3 is 2.78 bits per heavy atom. The first-order valence-electron chi connectivity index (χ1n) is 2.60. The van der Waals surface area contributed by atoms with Gasteiger partial charge in [0.05, 0.1) is 4.21 Å². The lowest BCUT2D eigenvalue weighted by Crippen LogP contribution is -1.59. The smallest absolute Gasteiger partial charge is 0.0599 e. The average molecular weight is 176 g/mol. The van der Waals surface area contributed by atoms with E-state index >= 15 is 0 Å². The molecule has 0 amide bonds. The number of thioether (sulfide) groups is 1. The minimum absolute atomic E-state index is 0.866. The second-order valence-corrected chi connectivity index (χ2v) is 4.17. The van der Waals surface area contributed by atoms with Gasteiger partial charge in [0.2, 0.25) is 0 Å². The third-order valence-corrected chi connectivity index (χ3v) is 3.72. The van der Waals surface area contributed by atoms with Crippen LogP contribution in [-0.2, 0) is 5.75 Å². The minimum atomic E-state index is 0.866. The van der Waals surface area contributed by atoms with E-state index in [4.69, 9.17) is 0 Å². The Morgan fingerprint density at radius 1 is 1.67 bits per heavy atom. The zero-order valence-corrected chi connectivity index (χ0v) is 7.65. The highest BCUT2D eigenvalue weighted by molar-refractivity contribution is 8.00. The molecule has 0 atom stereocenters. The second-order valence-electron chi connectivity index (χ2n) is 1.58. The van der Waals surface area contributed by atoms with Crippen LogP contribution in [0.3, 0.4) is 0 Å². The van der Waals surface area contributed by atoms with Crippen LogP contribution in [-0.4, -0.2) is 6.26 Å². The molecule has 9 heavy (non-hydrogen) atoms. The molecule has 0 unspecified atom stereocenters. The Kier molecular flexibility index (Phi) is 2.95. The molecule has 0 spiro atoms. The summed E-state index contributed by atoms with van der Waals surface area (Å²) in [7, 11) is 0. The van der Waals surface area contributed by atoms with Gasteiger partial charge in [-0.25, -0.2) is 0 Å². The van der Waals surface area contributed by atoms with E-state index in [1.165, 1.54) is 9.09 Å². The summed E-state index contributed by atoms with van der Waals surface area (Å²) in [6.45, 7) is 0. The van der Waals surface area contributed by atoms with Crippen LogP contribution >= 0.6 is 35.7 Å². The van der Waals surface area contributed by atoms with Crippen LogP contribution in [0.5, 0.6) is 0 Å². The van der Waals surface area contributed by atoms with Crippen LogP contribution in [0.1, 0.15) is 4.88 Å². The monoisotopic (exact) mass is 176 g/mol. The molecular weight excluding hydrogens is 168 g/mol. The molecule has 0 bridgehead atoms. The first-order valence-corrected chi connectivity index (χ1v) is 5.27. The number of rotatable bonds is 2. The van der Waals surface area contributed by atoms with E-state index in [1.54, 1.807) is 11.8 Å². The highest BCUT2D eigenvalue weighted by atomic mass is 32.2. The summed E-state index contributed by atoms with van der Waals surface area (Å²) in [5, 5.41) is 0. The summed E-state index contributed by atoms with van der Waals surface area (Å²) in [5.74, 6) is 0.866. The maximum Gasteiger partial charge on any atom is 0.0599 e. The van der Waals surface area contributed by atoms with E-state index in [9.17, 15) is 0 Å². The summed E-state index contributed by atoms with van der Waals surface area (Å²) in [4.78, 5) is 1.35. The summed E-state index contributed by atoms with van der Waals surface area (Å²) in [6.07, 6.45) is 2.09. The topological polar surface area (TPSA) is 0 Å². The van der Waals surface area contributed by atoms with Gasteiger partial charge in [-0.05, 0) is 18.4 Å². The van der Waals surface area contributed by atoms with Crippen molar-refractivity contribution in [2.75, 3.05) is 6.26 Å².